The molecule has 6 rings (SSSR count). The highest BCUT2D eigenvalue weighted by molar-refractivity contribution is 5.98. The highest BCUT2D eigenvalue weighted by atomic mass is 16.2. The first kappa shape index (κ1) is 20.4. The molecule has 0 saturated heterocycles. The van der Waals surface area contributed by atoms with E-state index in [2.05, 4.69) is 48.3 Å². The maximum absolute atomic E-state index is 13.6. The lowest BCUT2D eigenvalue weighted by atomic mass is 9.95. The van der Waals surface area contributed by atoms with E-state index in [9.17, 15) is 4.79 Å². The second-order valence-electron chi connectivity index (χ2n) is 8.66. The normalized spacial score (nSPS) is 15.3. The zero-order chi connectivity index (χ0) is 23.1. The van der Waals surface area contributed by atoms with Crippen LogP contribution in [0.1, 0.15) is 34.6 Å². The summed E-state index contributed by atoms with van der Waals surface area (Å²) in [7, 11) is 0. The van der Waals surface area contributed by atoms with Crippen LogP contribution in [0.4, 0.5) is 0 Å². The molecule has 3 aromatic carbocycles. The molecule has 166 valence electrons. The Morgan fingerprint density at radius 2 is 1.68 bits per heavy atom. The lowest BCUT2D eigenvalue weighted by Crippen LogP contribution is -2.38. The van der Waals surface area contributed by atoms with Gasteiger partial charge in [-0.05, 0) is 49.7 Å². The molecule has 1 aliphatic heterocycles. The lowest BCUT2D eigenvalue weighted by molar-refractivity contribution is 0.0674. The number of carbonyl (C=O) groups is 1. The second kappa shape index (κ2) is 8.27. The Hall–Kier alpha value is -4.25. The molecule has 1 amide bonds. The monoisotopic (exact) mass is 444 g/mol. The number of rotatable bonds is 3. The maximum atomic E-state index is 13.6. The Morgan fingerprint density at radius 1 is 0.912 bits per heavy atom. The van der Waals surface area contributed by atoms with E-state index in [-0.39, 0.29) is 11.9 Å². The third kappa shape index (κ3) is 3.37. The molecule has 0 spiro atoms. The fourth-order valence-electron chi connectivity index (χ4n) is 4.92. The van der Waals surface area contributed by atoms with Crippen LogP contribution < -0.4 is 0 Å². The highest BCUT2D eigenvalue weighted by Gasteiger charge is 2.34. The number of pyridine rings is 1. The molecule has 1 aliphatic rings. The summed E-state index contributed by atoms with van der Waals surface area (Å²) in [5.74, 6) is 0.0272. The minimum atomic E-state index is -0.131. The first-order valence-corrected chi connectivity index (χ1v) is 11.6. The van der Waals surface area contributed by atoms with Crippen molar-refractivity contribution in [1.82, 2.24) is 19.7 Å². The fourth-order valence-corrected chi connectivity index (χ4v) is 4.92. The van der Waals surface area contributed by atoms with E-state index < -0.39 is 0 Å². The molecule has 5 nitrogen and oxygen atoms in total. The average Bonchev–Trinajstić information content (AvgIpc) is 3.30. The smallest absolute Gasteiger partial charge is 0.254 e. The Bertz CT molecular complexity index is 1490. The predicted octanol–water partition coefficient (Wildman–Crippen LogP) is 5.85. The van der Waals surface area contributed by atoms with Gasteiger partial charge in [0.05, 0.1) is 28.6 Å². The van der Waals surface area contributed by atoms with E-state index in [1.165, 1.54) is 5.56 Å². The average molecular weight is 445 g/mol. The van der Waals surface area contributed by atoms with Gasteiger partial charge >= 0.3 is 0 Å². The Labute approximate surface area is 198 Å². The predicted molar refractivity (Wildman–Crippen MR) is 134 cm³/mol. The van der Waals surface area contributed by atoms with E-state index in [4.69, 9.17) is 5.10 Å². The van der Waals surface area contributed by atoms with Gasteiger partial charge in [-0.1, -0.05) is 54.6 Å². The molecule has 0 N–H and O–H groups in total. The summed E-state index contributed by atoms with van der Waals surface area (Å²) in [6, 6.07) is 30.1. The topological polar surface area (TPSA) is 51.0 Å². The van der Waals surface area contributed by atoms with Crippen molar-refractivity contribution in [2.24, 2.45) is 0 Å². The minimum absolute atomic E-state index is 0.0272. The number of para-hydroxylation sites is 1. The molecule has 0 aliphatic carbocycles. The largest absolute Gasteiger partial charge is 0.330 e. The van der Waals surface area contributed by atoms with Crippen LogP contribution in [0.5, 0.6) is 0 Å². The molecule has 2 aromatic heterocycles. The second-order valence-corrected chi connectivity index (χ2v) is 8.66. The quantitative estimate of drug-likeness (QED) is 0.351. The molecule has 1 atom stereocenters. The number of carbonyl (C=O) groups excluding carboxylic acids is 1. The molecule has 0 saturated carbocycles. The van der Waals surface area contributed by atoms with Gasteiger partial charge in [0.1, 0.15) is 0 Å². The van der Waals surface area contributed by atoms with Gasteiger partial charge in [0.2, 0.25) is 0 Å². The summed E-state index contributed by atoms with van der Waals surface area (Å²) in [6.45, 7) is 2.73. The maximum Gasteiger partial charge on any atom is 0.254 e. The van der Waals surface area contributed by atoms with E-state index in [1.807, 2.05) is 64.2 Å². The number of benzene rings is 3. The van der Waals surface area contributed by atoms with Crippen LogP contribution in [0.2, 0.25) is 0 Å². The van der Waals surface area contributed by atoms with Gasteiger partial charge in [0.15, 0.2) is 0 Å². The molecular formula is C29H24N4O. The zero-order valence-corrected chi connectivity index (χ0v) is 18.9. The van der Waals surface area contributed by atoms with Crippen LogP contribution in [-0.2, 0) is 6.42 Å². The summed E-state index contributed by atoms with van der Waals surface area (Å²) in [6.07, 6.45) is 2.53. The number of aromatic nitrogens is 3. The standard InChI is InChI=1S/C29H24N4O/c1-20-27-25(16-18-32(20)29(34)23-14-15-26-22(19-23)11-8-17-30-26)28(21-9-4-2-5-10-21)33(31-27)24-12-6-3-7-13-24/h2-15,17,19-20H,16,18H2,1H3. The third-order valence-electron chi connectivity index (χ3n) is 6.64. The molecule has 5 aromatic rings. The number of amides is 1. The van der Waals surface area contributed by atoms with Crippen LogP contribution in [0.3, 0.4) is 0 Å². The Balaban J connectivity index is 1.42. The van der Waals surface area contributed by atoms with Crippen LogP contribution in [-0.4, -0.2) is 32.1 Å². The van der Waals surface area contributed by atoms with Crippen molar-refractivity contribution in [3.63, 3.8) is 0 Å². The molecule has 3 heterocycles. The van der Waals surface area contributed by atoms with Crippen molar-refractivity contribution in [3.8, 4) is 16.9 Å². The summed E-state index contributed by atoms with van der Waals surface area (Å²) in [5.41, 5.74) is 7.01. The van der Waals surface area contributed by atoms with Crippen LogP contribution in [0, 0.1) is 0 Å². The summed E-state index contributed by atoms with van der Waals surface area (Å²) in [5, 5.41) is 6.04. The number of hydrogen-bond donors (Lipinski definition) is 0. The summed E-state index contributed by atoms with van der Waals surface area (Å²) >= 11 is 0. The van der Waals surface area contributed by atoms with Gasteiger partial charge in [0, 0.05) is 34.8 Å². The molecule has 5 heteroatoms. The van der Waals surface area contributed by atoms with Crippen molar-refractivity contribution in [2.75, 3.05) is 6.54 Å². The van der Waals surface area contributed by atoms with Crippen molar-refractivity contribution in [3.05, 3.63) is 114 Å². The van der Waals surface area contributed by atoms with E-state index in [1.54, 1.807) is 6.20 Å². The van der Waals surface area contributed by atoms with E-state index >= 15 is 0 Å². The van der Waals surface area contributed by atoms with Gasteiger partial charge < -0.3 is 4.90 Å². The van der Waals surface area contributed by atoms with E-state index in [0.29, 0.717) is 12.1 Å². The number of fused-ring (bicyclic) bond motifs is 2. The molecule has 1 unspecified atom stereocenters. The van der Waals surface area contributed by atoms with Gasteiger partial charge in [0.25, 0.3) is 5.91 Å². The number of nitrogens with zero attached hydrogens (tertiary/aromatic N) is 4. The first-order valence-electron chi connectivity index (χ1n) is 11.6. The van der Waals surface area contributed by atoms with Crippen molar-refractivity contribution in [2.45, 2.75) is 19.4 Å². The number of hydrogen-bond acceptors (Lipinski definition) is 3. The van der Waals surface area contributed by atoms with Crippen molar-refractivity contribution < 1.29 is 4.79 Å². The Morgan fingerprint density at radius 3 is 2.47 bits per heavy atom. The van der Waals surface area contributed by atoms with Crippen LogP contribution in [0.25, 0.3) is 27.8 Å². The Kier molecular flexibility index (Phi) is 4.95. The highest BCUT2D eigenvalue weighted by Crippen LogP contribution is 2.37. The molecule has 0 fully saturated rings. The van der Waals surface area contributed by atoms with Crippen LogP contribution in [0.15, 0.2) is 97.2 Å². The van der Waals surface area contributed by atoms with Gasteiger partial charge in [-0.25, -0.2) is 4.68 Å². The third-order valence-corrected chi connectivity index (χ3v) is 6.64. The molecular weight excluding hydrogens is 420 g/mol. The fraction of sp³-hybridized carbons (Fsp3) is 0.138. The van der Waals surface area contributed by atoms with Crippen molar-refractivity contribution >= 4 is 16.8 Å². The summed E-state index contributed by atoms with van der Waals surface area (Å²) in [4.78, 5) is 19.9. The van der Waals surface area contributed by atoms with E-state index in [0.717, 1.165) is 40.0 Å². The van der Waals surface area contributed by atoms with Crippen molar-refractivity contribution in [1.29, 1.82) is 0 Å². The first-order chi connectivity index (χ1) is 16.7. The molecule has 0 radical (unpaired) electrons. The van der Waals surface area contributed by atoms with Gasteiger partial charge in [-0.15, -0.1) is 0 Å². The minimum Gasteiger partial charge on any atom is -0.330 e. The zero-order valence-electron chi connectivity index (χ0n) is 18.9. The SMILES string of the molecule is CC1c2nn(-c3ccccc3)c(-c3ccccc3)c2CCN1C(=O)c1ccc2ncccc2c1. The van der Waals surface area contributed by atoms with Gasteiger partial charge in [-0.2, -0.15) is 5.10 Å². The van der Waals surface area contributed by atoms with Gasteiger partial charge in [-0.3, -0.25) is 9.78 Å². The summed E-state index contributed by atoms with van der Waals surface area (Å²) < 4.78 is 2.03. The van der Waals surface area contributed by atoms with Crippen LogP contribution >= 0.6 is 0 Å². The molecule has 0 bridgehead atoms. The lowest BCUT2D eigenvalue weighted by Gasteiger charge is -2.33. The molecule has 34 heavy (non-hydrogen) atoms.